The van der Waals surface area contributed by atoms with E-state index in [-0.39, 0.29) is 5.91 Å². The first-order valence-corrected chi connectivity index (χ1v) is 8.39. The SMILES string of the molecule is CN(C(=O)c1ccc(Cn2cncn2)cc1)c1ccc2ccccc2c1. The van der Waals surface area contributed by atoms with Crippen LogP contribution in [-0.4, -0.2) is 27.7 Å². The highest BCUT2D eigenvalue weighted by atomic mass is 16.2. The third-order valence-electron chi connectivity index (χ3n) is 4.44. The van der Waals surface area contributed by atoms with Crippen LogP contribution in [0.4, 0.5) is 5.69 Å². The zero-order valence-electron chi connectivity index (χ0n) is 14.4. The molecule has 0 saturated heterocycles. The molecule has 1 aromatic heterocycles. The van der Waals surface area contributed by atoms with Crippen molar-refractivity contribution in [2.75, 3.05) is 11.9 Å². The van der Waals surface area contributed by atoms with Gasteiger partial charge in [0.2, 0.25) is 0 Å². The number of hydrogen-bond acceptors (Lipinski definition) is 3. The quantitative estimate of drug-likeness (QED) is 0.567. The number of amides is 1. The van der Waals surface area contributed by atoms with Gasteiger partial charge in [0.1, 0.15) is 12.7 Å². The molecule has 0 aliphatic heterocycles. The average molecular weight is 342 g/mol. The largest absolute Gasteiger partial charge is 0.311 e. The van der Waals surface area contributed by atoms with Gasteiger partial charge in [0.25, 0.3) is 5.91 Å². The average Bonchev–Trinajstić information content (AvgIpc) is 3.20. The van der Waals surface area contributed by atoms with E-state index in [9.17, 15) is 4.79 Å². The summed E-state index contributed by atoms with van der Waals surface area (Å²) in [5.41, 5.74) is 2.60. The molecule has 1 amide bonds. The summed E-state index contributed by atoms with van der Waals surface area (Å²) in [5.74, 6) is -0.0346. The van der Waals surface area contributed by atoms with Crippen LogP contribution in [0, 0.1) is 0 Å². The zero-order chi connectivity index (χ0) is 17.9. The molecule has 0 N–H and O–H groups in total. The predicted molar refractivity (Wildman–Crippen MR) is 102 cm³/mol. The highest BCUT2D eigenvalue weighted by Crippen LogP contribution is 2.22. The Morgan fingerprint density at radius 1 is 1.00 bits per heavy atom. The molecule has 0 bridgehead atoms. The van der Waals surface area contributed by atoms with Gasteiger partial charge in [-0.05, 0) is 40.6 Å². The van der Waals surface area contributed by atoms with E-state index < -0.39 is 0 Å². The van der Waals surface area contributed by atoms with Gasteiger partial charge in [-0.1, -0.05) is 42.5 Å². The second kappa shape index (κ2) is 6.80. The summed E-state index contributed by atoms with van der Waals surface area (Å²) >= 11 is 0. The van der Waals surface area contributed by atoms with Gasteiger partial charge in [0.05, 0.1) is 6.54 Å². The van der Waals surface area contributed by atoms with Crippen molar-refractivity contribution >= 4 is 22.4 Å². The van der Waals surface area contributed by atoms with E-state index in [1.54, 1.807) is 23.0 Å². The van der Waals surface area contributed by atoms with Crippen molar-refractivity contribution in [3.05, 3.63) is 90.5 Å². The lowest BCUT2D eigenvalue weighted by Gasteiger charge is -2.18. The van der Waals surface area contributed by atoms with Crippen LogP contribution in [0.5, 0.6) is 0 Å². The zero-order valence-corrected chi connectivity index (χ0v) is 14.4. The second-order valence-corrected chi connectivity index (χ2v) is 6.19. The number of rotatable bonds is 4. The third kappa shape index (κ3) is 3.19. The lowest BCUT2D eigenvalue weighted by atomic mass is 10.1. The maximum Gasteiger partial charge on any atom is 0.258 e. The van der Waals surface area contributed by atoms with Crippen LogP contribution >= 0.6 is 0 Å². The molecular formula is C21H18N4O. The first kappa shape index (κ1) is 16.0. The number of carbonyl (C=O) groups is 1. The smallest absolute Gasteiger partial charge is 0.258 e. The van der Waals surface area contributed by atoms with Gasteiger partial charge in [0.15, 0.2) is 0 Å². The summed E-state index contributed by atoms with van der Waals surface area (Å²) in [6.45, 7) is 0.634. The van der Waals surface area contributed by atoms with Gasteiger partial charge in [-0.25, -0.2) is 9.67 Å². The van der Waals surface area contributed by atoms with E-state index in [2.05, 4.69) is 22.2 Å². The molecule has 0 spiro atoms. The van der Waals surface area contributed by atoms with Crippen LogP contribution < -0.4 is 4.90 Å². The van der Waals surface area contributed by atoms with E-state index in [4.69, 9.17) is 0 Å². The van der Waals surface area contributed by atoms with Crippen molar-refractivity contribution in [1.82, 2.24) is 14.8 Å². The van der Waals surface area contributed by atoms with Crippen molar-refractivity contribution in [3.63, 3.8) is 0 Å². The Morgan fingerprint density at radius 2 is 1.77 bits per heavy atom. The minimum Gasteiger partial charge on any atom is -0.311 e. The molecule has 5 nitrogen and oxygen atoms in total. The van der Waals surface area contributed by atoms with E-state index in [1.807, 2.05) is 54.6 Å². The molecule has 5 heteroatoms. The predicted octanol–water partition coefficient (Wildman–Crippen LogP) is 3.76. The molecule has 128 valence electrons. The number of fused-ring (bicyclic) bond motifs is 1. The molecule has 4 rings (SSSR count). The minimum absolute atomic E-state index is 0.0346. The maximum absolute atomic E-state index is 12.8. The van der Waals surface area contributed by atoms with Crippen LogP contribution in [0.25, 0.3) is 10.8 Å². The second-order valence-electron chi connectivity index (χ2n) is 6.19. The van der Waals surface area contributed by atoms with Gasteiger partial charge in [0, 0.05) is 18.3 Å². The molecule has 0 fully saturated rings. The number of hydrogen-bond donors (Lipinski definition) is 0. The van der Waals surface area contributed by atoms with E-state index in [1.165, 1.54) is 6.33 Å². The summed E-state index contributed by atoms with van der Waals surface area (Å²) in [5, 5.41) is 6.37. The Hall–Kier alpha value is -3.47. The fourth-order valence-electron chi connectivity index (χ4n) is 2.95. The summed E-state index contributed by atoms with van der Waals surface area (Å²) in [6, 6.07) is 21.8. The van der Waals surface area contributed by atoms with Crippen molar-refractivity contribution in [2.24, 2.45) is 0 Å². The van der Waals surface area contributed by atoms with Crippen LogP contribution in [0.3, 0.4) is 0 Å². The van der Waals surface area contributed by atoms with Crippen molar-refractivity contribution in [3.8, 4) is 0 Å². The Balaban J connectivity index is 1.53. The topological polar surface area (TPSA) is 51.0 Å². The lowest BCUT2D eigenvalue weighted by molar-refractivity contribution is 0.0993. The van der Waals surface area contributed by atoms with E-state index in [0.717, 1.165) is 22.0 Å². The van der Waals surface area contributed by atoms with Gasteiger partial charge in [-0.2, -0.15) is 5.10 Å². The summed E-state index contributed by atoms with van der Waals surface area (Å²) in [4.78, 5) is 18.4. The first-order valence-electron chi connectivity index (χ1n) is 8.39. The lowest BCUT2D eigenvalue weighted by Crippen LogP contribution is -2.26. The molecule has 3 aromatic carbocycles. The molecule has 0 aliphatic carbocycles. The summed E-state index contributed by atoms with van der Waals surface area (Å²) in [7, 11) is 1.80. The van der Waals surface area contributed by atoms with E-state index >= 15 is 0 Å². The monoisotopic (exact) mass is 342 g/mol. The number of anilines is 1. The molecule has 26 heavy (non-hydrogen) atoms. The molecule has 0 radical (unpaired) electrons. The van der Waals surface area contributed by atoms with Gasteiger partial charge in [-0.15, -0.1) is 0 Å². The number of aromatic nitrogens is 3. The van der Waals surface area contributed by atoms with Gasteiger partial charge in [-0.3, -0.25) is 4.79 Å². The van der Waals surface area contributed by atoms with Gasteiger partial charge < -0.3 is 4.90 Å². The number of carbonyl (C=O) groups excluding carboxylic acids is 1. The fraction of sp³-hybridized carbons (Fsp3) is 0.0952. The molecule has 1 heterocycles. The first-order chi connectivity index (χ1) is 12.7. The van der Waals surface area contributed by atoms with E-state index in [0.29, 0.717) is 12.1 Å². The molecule has 0 saturated carbocycles. The normalized spacial score (nSPS) is 10.8. The van der Waals surface area contributed by atoms with Crippen molar-refractivity contribution in [2.45, 2.75) is 6.54 Å². The fourth-order valence-corrected chi connectivity index (χ4v) is 2.95. The molecule has 0 aliphatic rings. The third-order valence-corrected chi connectivity index (χ3v) is 4.44. The van der Waals surface area contributed by atoms with Crippen LogP contribution in [-0.2, 0) is 6.54 Å². The molecule has 4 aromatic rings. The van der Waals surface area contributed by atoms with Gasteiger partial charge >= 0.3 is 0 Å². The minimum atomic E-state index is -0.0346. The van der Waals surface area contributed by atoms with Crippen molar-refractivity contribution < 1.29 is 4.79 Å². The van der Waals surface area contributed by atoms with Crippen LogP contribution in [0.15, 0.2) is 79.4 Å². The van der Waals surface area contributed by atoms with Crippen LogP contribution in [0.1, 0.15) is 15.9 Å². The maximum atomic E-state index is 12.8. The molecular weight excluding hydrogens is 324 g/mol. The highest BCUT2D eigenvalue weighted by molar-refractivity contribution is 6.06. The molecule has 0 atom stereocenters. The summed E-state index contributed by atoms with van der Waals surface area (Å²) in [6.07, 6.45) is 3.18. The Morgan fingerprint density at radius 3 is 2.50 bits per heavy atom. The Bertz CT molecular complexity index is 1040. The Kier molecular flexibility index (Phi) is 4.19. The van der Waals surface area contributed by atoms with Crippen molar-refractivity contribution in [1.29, 1.82) is 0 Å². The standard InChI is InChI=1S/C21H18N4O/c1-24(20-11-10-17-4-2-3-5-19(17)12-20)21(26)18-8-6-16(7-9-18)13-25-15-22-14-23-25/h2-12,14-15H,13H2,1H3. The number of benzene rings is 3. The molecule has 0 unspecified atom stereocenters. The van der Waals surface area contributed by atoms with Crippen LogP contribution in [0.2, 0.25) is 0 Å². The Labute approximate surface area is 151 Å². The summed E-state index contributed by atoms with van der Waals surface area (Å²) < 4.78 is 1.75. The highest BCUT2D eigenvalue weighted by Gasteiger charge is 2.14. The number of nitrogens with zero attached hydrogens (tertiary/aromatic N) is 4.